The summed E-state index contributed by atoms with van der Waals surface area (Å²) in [6, 6.07) is 5.47. The smallest absolute Gasteiger partial charge is 0.269 e. The summed E-state index contributed by atoms with van der Waals surface area (Å²) in [5.74, 6) is -0.240. The van der Waals surface area contributed by atoms with Crippen molar-refractivity contribution in [1.82, 2.24) is 9.59 Å². The van der Waals surface area contributed by atoms with Gasteiger partial charge < -0.3 is 11.1 Å². The number of amides is 1. The summed E-state index contributed by atoms with van der Waals surface area (Å²) in [7, 11) is 0. The maximum Gasteiger partial charge on any atom is 0.269 e. The van der Waals surface area contributed by atoms with Crippen LogP contribution in [0.25, 0.3) is 0 Å². The molecule has 6 heteroatoms. The van der Waals surface area contributed by atoms with Crippen LogP contribution in [0.5, 0.6) is 0 Å². The number of hydrogen-bond acceptors (Lipinski definition) is 5. The monoisotopic (exact) mass is 234 g/mol. The van der Waals surface area contributed by atoms with Gasteiger partial charge in [-0.15, -0.1) is 5.10 Å². The van der Waals surface area contributed by atoms with Gasteiger partial charge in [0.25, 0.3) is 5.91 Å². The highest BCUT2D eigenvalue weighted by Crippen LogP contribution is 2.23. The second-order valence-electron chi connectivity index (χ2n) is 3.28. The Bertz CT molecular complexity index is 489. The van der Waals surface area contributed by atoms with Crippen molar-refractivity contribution in [2.24, 2.45) is 0 Å². The van der Waals surface area contributed by atoms with E-state index in [1.165, 1.54) is 6.20 Å². The summed E-state index contributed by atoms with van der Waals surface area (Å²) in [6.45, 7) is 1.89. The molecule has 16 heavy (non-hydrogen) atoms. The van der Waals surface area contributed by atoms with E-state index < -0.39 is 0 Å². The van der Waals surface area contributed by atoms with E-state index in [4.69, 9.17) is 5.73 Å². The van der Waals surface area contributed by atoms with Crippen molar-refractivity contribution >= 4 is 28.8 Å². The van der Waals surface area contributed by atoms with Gasteiger partial charge in [-0.3, -0.25) is 4.79 Å². The zero-order valence-electron chi connectivity index (χ0n) is 8.60. The van der Waals surface area contributed by atoms with Gasteiger partial charge in [0.05, 0.1) is 17.6 Å². The van der Waals surface area contributed by atoms with E-state index in [2.05, 4.69) is 14.9 Å². The van der Waals surface area contributed by atoms with E-state index in [9.17, 15) is 4.79 Å². The number of nitrogens with zero attached hydrogens (tertiary/aromatic N) is 2. The molecular weight excluding hydrogens is 224 g/mol. The Kier molecular flexibility index (Phi) is 2.82. The quantitative estimate of drug-likeness (QED) is 0.775. The lowest BCUT2D eigenvalue weighted by Gasteiger charge is -2.09. The fourth-order valence-electron chi connectivity index (χ4n) is 1.30. The molecule has 0 saturated carbocycles. The molecule has 0 fully saturated rings. The fraction of sp³-hybridized carbons (Fsp3) is 0.100. The molecule has 1 aromatic heterocycles. The number of rotatable bonds is 2. The van der Waals surface area contributed by atoms with E-state index in [1.807, 2.05) is 19.1 Å². The first-order valence-electron chi connectivity index (χ1n) is 4.62. The summed E-state index contributed by atoms with van der Waals surface area (Å²) >= 11 is 1.05. The highest BCUT2D eigenvalue weighted by atomic mass is 32.1. The van der Waals surface area contributed by atoms with Crippen molar-refractivity contribution in [3.05, 3.63) is 34.8 Å². The van der Waals surface area contributed by atoms with Gasteiger partial charge in [0, 0.05) is 0 Å². The molecule has 0 radical (unpaired) electrons. The first-order valence-corrected chi connectivity index (χ1v) is 5.39. The number of nitrogen functional groups attached to an aromatic ring is 1. The summed E-state index contributed by atoms with van der Waals surface area (Å²) < 4.78 is 3.63. The zero-order chi connectivity index (χ0) is 11.5. The SMILES string of the molecule is Cc1cccc(N)c1NC(=O)c1cnns1. The summed E-state index contributed by atoms with van der Waals surface area (Å²) in [4.78, 5) is 12.2. The number of anilines is 2. The van der Waals surface area contributed by atoms with Gasteiger partial charge in [0.2, 0.25) is 0 Å². The van der Waals surface area contributed by atoms with Crippen LogP contribution in [0.15, 0.2) is 24.4 Å². The highest BCUT2D eigenvalue weighted by Gasteiger charge is 2.11. The van der Waals surface area contributed by atoms with Crippen LogP contribution < -0.4 is 11.1 Å². The molecule has 5 nitrogen and oxygen atoms in total. The average molecular weight is 234 g/mol. The predicted octanol–water partition coefficient (Wildman–Crippen LogP) is 1.68. The van der Waals surface area contributed by atoms with Crippen molar-refractivity contribution in [2.45, 2.75) is 6.92 Å². The molecular formula is C10H10N4OS. The molecule has 1 aromatic carbocycles. The summed E-state index contributed by atoms with van der Waals surface area (Å²) in [5.41, 5.74) is 7.89. The second kappa shape index (κ2) is 4.28. The van der Waals surface area contributed by atoms with E-state index in [0.717, 1.165) is 17.1 Å². The third kappa shape index (κ3) is 2.01. The Hall–Kier alpha value is -1.95. The molecule has 0 atom stereocenters. The van der Waals surface area contributed by atoms with E-state index >= 15 is 0 Å². The molecule has 3 N–H and O–H groups in total. The minimum absolute atomic E-state index is 0.240. The van der Waals surface area contributed by atoms with Crippen LogP contribution in [-0.2, 0) is 0 Å². The number of aromatic nitrogens is 2. The molecule has 1 heterocycles. The van der Waals surface area contributed by atoms with Crippen molar-refractivity contribution in [3.8, 4) is 0 Å². The van der Waals surface area contributed by atoms with Crippen LogP contribution in [0.2, 0.25) is 0 Å². The van der Waals surface area contributed by atoms with Crippen LogP contribution in [-0.4, -0.2) is 15.5 Å². The molecule has 0 aliphatic rings. The van der Waals surface area contributed by atoms with E-state index in [1.54, 1.807) is 6.07 Å². The van der Waals surface area contributed by atoms with Crippen molar-refractivity contribution in [2.75, 3.05) is 11.1 Å². The largest absolute Gasteiger partial charge is 0.397 e. The Labute approximate surface area is 96.5 Å². The minimum atomic E-state index is -0.240. The number of nitrogens with one attached hydrogen (secondary N) is 1. The molecule has 0 bridgehead atoms. The lowest BCUT2D eigenvalue weighted by Crippen LogP contribution is -2.12. The van der Waals surface area contributed by atoms with E-state index in [0.29, 0.717) is 16.3 Å². The third-order valence-electron chi connectivity index (χ3n) is 2.13. The van der Waals surface area contributed by atoms with Gasteiger partial charge in [-0.2, -0.15) is 0 Å². The van der Waals surface area contributed by atoms with Gasteiger partial charge in [-0.25, -0.2) is 0 Å². The number of benzene rings is 1. The number of para-hydroxylation sites is 1. The number of carbonyl (C=O) groups is 1. The lowest BCUT2D eigenvalue weighted by molar-refractivity contribution is 0.103. The van der Waals surface area contributed by atoms with Gasteiger partial charge in [0.15, 0.2) is 0 Å². The topological polar surface area (TPSA) is 80.9 Å². The standard InChI is InChI=1S/C10H10N4OS/c1-6-3-2-4-7(11)9(6)13-10(15)8-5-12-14-16-8/h2-5H,11H2,1H3,(H,13,15). The second-order valence-corrected chi connectivity index (χ2v) is 4.06. The maximum atomic E-state index is 11.7. The van der Waals surface area contributed by atoms with Gasteiger partial charge in [-0.05, 0) is 30.1 Å². The average Bonchev–Trinajstić information content (AvgIpc) is 2.76. The van der Waals surface area contributed by atoms with Gasteiger partial charge in [-0.1, -0.05) is 16.6 Å². The zero-order valence-corrected chi connectivity index (χ0v) is 9.41. The number of aryl methyl sites for hydroxylation is 1. The normalized spacial score (nSPS) is 10.1. The van der Waals surface area contributed by atoms with Crippen LogP contribution in [0.4, 0.5) is 11.4 Å². The molecule has 82 valence electrons. The first-order chi connectivity index (χ1) is 7.68. The maximum absolute atomic E-state index is 11.7. The number of nitrogens with two attached hydrogens (primary N) is 1. The van der Waals surface area contributed by atoms with Gasteiger partial charge in [0.1, 0.15) is 4.88 Å². The van der Waals surface area contributed by atoms with Crippen LogP contribution in [0, 0.1) is 6.92 Å². The number of carbonyl (C=O) groups excluding carboxylic acids is 1. The predicted molar refractivity (Wildman–Crippen MR) is 63.5 cm³/mol. The molecule has 1 amide bonds. The molecule has 2 aromatic rings. The van der Waals surface area contributed by atoms with E-state index in [-0.39, 0.29) is 5.91 Å². The Morgan fingerprint density at radius 1 is 1.50 bits per heavy atom. The fourth-order valence-corrected chi connectivity index (χ4v) is 1.71. The third-order valence-corrected chi connectivity index (χ3v) is 2.79. The first kappa shape index (κ1) is 10.6. The van der Waals surface area contributed by atoms with Crippen LogP contribution >= 0.6 is 11.5 Å². The molecule has 2 rings (SSSR count). The Balaban J connectivity index is 2.25. The Morgan fingerprint density at radius 3 is 2.94 bits per heavy atom. The van der Waals surface area contributed by atoms with Crippen LogP contribution in [0.3, 0.4) is 0 Å². The van der Waals surface area contributed by atoms with Crippen LogP contribution in [0.1, 0.15) is 15.2 Å². The molecule has 0 aliphatic heterocycles. The van der Waals surface area contributed by atoms with Crippen molar-refractivity contribution in [3.63, 3.8) is 0 Å². The minimum Gasteiger partial charge on any atom is -0.397 e. The molecule has 0 spiro atoms. The summed E-state index contributed by atoms with van der Waals surface area (Å²) in [6.07, 6.45) is 1.43. The number of hydrogen-bond donors (Lipinski definition) is 2. The van der Waals surface area contributed by atoms with Crippen molar-refractivity contribution in [1.29, 1.82) is 0 Å². The Morgan fingerprint density at radius 2 is 2.31 bits per heavy atom. The molecule has 0 aliphatic carbocycles. The lowest BCUT2D eigenvalue weighted by atomic mass is 10.1. The summed E-state index contributed by atoms with van der Waals surface area (Å²) in [5, 5.41) is 6.35. The highest BCUT2D eigenvalue weighted by molar-refractivity contribution is 7.07. The molecule has 0 saturated heterocycles. The van der Waals surface area contributed by atoms with Crippen molar-refractivity contribution < 1.29 is 4.79 Å². The molecule has 0 unspecified atom stereocenters. The van der Waals surface area contributed by atoms with Gasteiger partial charge >= 0.3 is 0 Å².